The summed E-state index contributed by atoms with van der Waals surface area (Å²) < 4.78 is 1.66. The smallest absolute Gasteiger partial charge is 0.312 e. The third-order valence-electron chi connectivity index (χ3n) is 3.52. The molecule has 2 rings (SSSR count). The van der Waals surface area contributed by atoms with E-state index in [4.69, 9.17) is 0 Å². The van der Waals surface area contributed by atoms with Gasteiger partial charge in [0.05, 0.1) is 6.04 Å². The van der Waals surface area contributed by atoms with Gasteiger partial charge in [-0.05, 0) is 44.5 Å². The van der Waals surface area contributed by atoms with E-state index in [-0.39, 0.29) is 11.7 Å². The van der Waals surface area contributed by atoms with Gasteiger partial charge in [0, 0.05) is 18.9 Å². The number of hydrogen-bond donors (Lipinski definition) is 1. The van der Waals surface area contributed by atoms with E-state index in [0.29, 0.717) is 6.54 Å². The fraction of sp³-hybridized carbons (Fsp3) is 0.375. The van der Waals surface area contributed by atoms with E-state index in [9.17, 15) is 4.79 Å². The van der Waals surface area contributed by atoms with Crippen molar-refractivity contribution in [3.8, 4) is 0 Å². The maximum atomic E-state index is 11.8. The highest BCUT2D eigenvalue weighted by Crippen LogP contribution is 2.20. The molecule has 0 bridgehead atoms. The first kappa shape index (κ1) is 14.5. The first-order valence-corrected chi connectivity index (χ1v) is 6.78. The third kappa shape index (κ3) is 3.14. The molecule has 0 radical (unpaired) electrons. The first-order valence-electron chi connectivity index (χ1n) is 6.78. The van der Waals surface area contributed by atoms with Gasteiger partial charge in [-0.25, -0.2) is 9.78 Å². The van der Waals surface area contributed by atoms with Crippen LogP contribution in [0, 0.1) is 20.8 Å². The summed E-state index contributed by atoms with van der Waals surface area (Å²) in [6, 6.07) is 6.49. The Morgan fingerprint density at radius 3 is 2.70 bits per heavy atom. The second kappa shape index (κ2) is 6.01. The molecule has 0 aliphatic rings. The topological polar surface area (TPSA) is 46.9 Å². The standard InChI is InChI=1S/C16H21N3O/c1-11-5-6-13(3)14(7-11)15(17-4)10-19-9-12(2)8-18-16(19)20/h5-9,15,17H,10H2,1-4H3. The number of aryl methyl sites for hydroxylation is 3. The van der Waals surface area contributed by atoms with E-state index in [1.165, 1.54) is 16.7 Å². The van der Waals surface area contributed by atoms with Gasteiger partial charge in [-0.1, -0.05) is 23.8 Å². The van der Waals surface area contributed by atoms with Crippen LogP contribution in [-0.2, 0) is 6.54 Å². The van der Waals surface area contributed by atoms with Crippen molar-refractivity contribution in [1.29, 1.82) is 0 Å². The zero-order valence-corrected chi connectivity index (χ0v) is 12.5. The normalized spacial score (nSPS) is 12.4. The summed E-state index contributed by atoms with van der Waals surface area (Å²) in [5, 5.41) is 3.29. The summed E-state index contributed by atoms with van der Waals surface area (Å²) in [6.45, 7) is 6.69. The van der Waals surface area contributed by atoms with Crippen LogP contribution in [0.15, 0.2) is 35.4 Å². The average molecular weight is 271 g/mol. The number of likely N-dealkylation sites (N-methyl/N-ethyl adjacent to an activating group) is 1. The van der Waals surface area contributed by atoms with Gasteiger partial charge >= 0.3 is 5.69 Å². The van der Waals surface area contributed by atoms with Crippen molar-refractivity contribution < 1.29 is 0 Å². The Kier molecular flexibility index (Phi) is 4.35. The summed E-state index contributed by atoms with van der Waals surface area (Å²) in [5.74, 6) is 0. The van der Waals surface area contributed by atoms with Gasteiger partial charge in [0.2, 0.25) is 0 Å². The zero-order chi connectivity index (χ0) is 14.7. The van der Waals surface area contributed by atoms with E-state index in [0.717, 1.165) is 5.56 Å². The highest BCUT2D eigenvalue weighted by molar-refractivity contribution is 5.33. The fourth-order valence-electron chi connectivity index (χ4n) is 2.37. The number of nitrogens with one attached hydrogen (secondary N) is 1. The molecule has 0 amide bonds. The summed E-state index contributed by atoms with van der Waals surface area (Å²) in [7, 11) is 1.92. The number of aromatic nitrogens is 2. The van der Waals surface area contributed by atoms with Crippen LogP contribution in [0.3, 0.4) is 0 Å². The average Bonchev–Trinajstić information content (AvgIpc) is 2.42. The molecule has 0 saturated heterocycles. The van der Waals surface area contributed by atoms with Gasteiger partial charge in [0.15, 0.2) is 0 Å². The van der Waals surface area contributed by atoms with Gasteiger partial charge in [-0.3, -0.25) is 4.57 Å². The van der Waals surface area contributed by atoms with Gasteiger partial charge < -0.3 is 5.32 Å². The fourth-order valence-corrected chi connectivity index (χ4v) is 2.37. The van der Waals surface area contributed by atoms with E-state index in [1.54, 1.807) is 10.8 Å². The molecule has 1 aromatic heterocycles. The molecular formula is C16H21N3O. The molecule has 20 heavy (non-hydrogen) atoms. The van der Waals surface area contributed by atoms with Crippen molar-refractivity contribution in [2.45, 2.75) is 33.4 Å². The second-order valence-electron chi connectivity index (χ2n) is 5.27. The molecule has 1 N–H and O–H groups in total. The third-order valence-corrected chi connectivity index (χ3v) is 3.52. The molecule has 1 aromatic carbocycles. The van der Waals surface area contributed by atoms with Crippen LogP contribution >= 0.6 is 0 Å². The van der Waals surface area contributed by atoms with Gasteiger partial charge in [0.1, 0.15) is 0 Å². The van der Waals surface area contributed by atoms with E-state index >= 15 is 0 Å². The van der Waals surface area contributed by atoms with Crippen molar-refractivity contribution in [2.75, 3.05) is 7.05 Å². The molecule has 106 valence electrons. The number of hydrogen-bond acceptors (Lipinski definition) is 3. The van der Waals surface area contributed by atoms with Crippen LogP contribution in [-0.4, -0.2) is 16.6 Å². The maximum absolute atomic E-state index is 11.8. The van der Waals surface area contributed by atoms with Crippen LogP contribution in [0.5, 0.6) is 0 Å². The largest absolute Gasteiger partial charge is 0.347 e. The lowest BCUT2D eigenvalue weighted by atomic mass is 9.99. The minimum absolute atomic E-state index is 0.0937. The lowest BCUT2D eigenvalue weighted by Gasteiger charge is -2.20. The Hall–Kier alpha value is -1.94. The summed E-state index contributed by atoms with van der Waals surface area (Å²) in [5.41, 5.74) is 4.45. The Bertz CT molecular complexity index is 661. The first-order chi connectivity index (χ1) is 9.51. The number of benzene rings is 1. The molecule has 4 nitrogen and oxygen atoms in total. The Labute approximate surface area is 119 Å². The molecule has 0 spiro atoms. The SMILES string of the molecule is CNC(Cn1cc(C)cnc1=O)c1cc(C)ccc1C. The summed E-state index contributed by atoms with van der Waals surface area (Å²) in [6.07, 6.45) is 3.45. The lowest BCUT2D eigenvalue weighted by Crippen LogP contribution is -2.30. The monoisotopic (exact) mass is 271 g/mol. The molecule has 2 aromatic rings. The molecule has 1 unspecified atom stereocenters. The molecule has 1 heterocycles. The Balaban J connectivity index is 2.36. The number of nitrogens with zero attached hydrogens (tertiary/aromatic N) is 2. The van der Waals surface area contributed by atoms with Crippen molar-refractivity contribution in [1.82, 2.24) is 14.9 Å². The number of rotatable bonds is 4. The van der Waals surface area contributed by atoms with Crippen LogP contribution in [0.2, 0.25) is 0 Å². The minimum atomic E-state index is -0.207. The molecule has 0 aliphatic carbocycles. The Morgan fingerprint density at radius 2 is 2.00 bits per heavy atom. The van der Waals surface area contributed by atoms with Gasteiger partial charge in [-0.15, -0.1) is 0 Å². The maximum Gasteiger partial charge on any atom is 0.347 e. The summed E-state index contributed by atoms with van der Waals surface area (Å²) >= 11 is 0. The van der Waals surface area contributed by atoms with Crippen molar-refractivity contribution >= 4 is 0 Å². The highest BCUT2D eigenvalue weighted by atomic mass is 16.1. The minimum Gasteiger partial charge on any atom is -0.312 e. The van der Waals surface area contributed by atoms with Crippen LogP contribution in [0.25, 0.3) is 0 Å². The van der Waals surface area contributed by atoms with Crippen molar-refractivity contribution in [2.24, 2.45) is 0 Å². The van der Waals surface area contributed by atoms with E-state index < -0.39 is 0 Å². The van der Waals surface area contributed by atoms with Crippen LogP contribution in [0.4, 0.5) is 0 Å². The van der Waals surface area contributed by atoms with E-state index in [1.807, 2.05) is 20.2 Å². The quantitative estimate of drug-likeness (QED) is 0.926. The molecule has 0 aliphatic heterocycles. The summed E-state index contributed by atoms with van der Waals surface area (Å²) in [4.78, 5) is 15.7. The zero-order valence-electron chi connectivity index (χ0n) is 12.5. The second-order valence-corrected chi connectivity index (χ2v) is 5.27. The van der Waals surface area contributed by atoms with Crippen LogP contribution < -0.4 is 11.0 Å². The van der Waals surface area contributed by atoms with Gasteiger partial charge in [0.25, 0.3) is 0 Å². The van der Waals surface area contributed by atoms with Crippen molar-refractivity contribution in [3.05, 3.63) is 63.3 Å². The Morgan fingerprint density at radius 1 is 1.25 bits per heavy atom. The predicted octanol–water partition coefficient (Wildman–Crippen LogP) is 2.13. The van der Waals surface area contributed by atoms with Crippen molar-refractivity contribution in [3.63, 3.8) is 0 Å². The molecular weight excluding hydrogens is 250 g/mol. The molecule has 1 atom stereocenters. The predicted molar refractivity (Wildman–Crippen MR) is 81.0 cm³/mol. The van der Waals surface area contributed by atoms with Crippen LogP contribution in [0.1, 0.15) is 28.3 Å². The molecule has 4 heteroatoms. The molecule has 0 saturated carbocycles. The van der Waals surface area contributed by atoms with E-state index in [2.05, 4.69) is 42.3 Å². The molecule has 0 fully saturated rings. The highest BCUT2D eigenvalue weighted by Gasteiger charge is 2.13. The lowest BCUT2D eigenvalue weighted by molar-refractivity contribution is 0.482. The van der Waals surface area contributed by atoms with Gasteiger partial charge in [-0.2, -0.15) is 0 Å².